The second kappa shape index (κ2) is 4.83. The first kappa shape index (κ1) is 12.0. The maximum atomic E-state index is 13.2. The van der Waals surface area contributed by atoms with Gasteiger partial charge in [0.05, 0.1) is 17.1 Å². The van der Waals surface area contributed by atoms with Crippen LogP contribution >= 0.6 is 0 Å². The van der Waals surface area contributed by atoms with Crippen LogP contribution in [-0.2, 0) is 0 Å². The van der Waals surface area contributed by atoms with Crippen molar-refractivity contribution in [3.63, 3.8) is 0 Å². The number of rotatable bonds is 3. The molecule has 0 aliphatic heterocycles. The van der Waals surface area contributed by atoms with Gasteiger partial charge in [-0.3, -0.25) is 10.1 Å². The molecule has 0 aliphatic carbocycles. The van der Waals surface area contributed by atoms with E-state index in [0.717, 1.165) is 17.7 Å². The van der Waals surface area contributed by atoms with E-state index in [1.165, 1.54) is 6.07 Å². The van der Waals surface area contributed by atoms with Crippen LogP contribution in [-0.4, -0.2) is 4.92 Å². The van der Waals surface area contributed by atoms with Crippen LogP contribution in [0.15, 0.2) is 42.5 Å². The van der Waals surface area contributed by atoms with Gasteiger partial charge in [-0.2, -0.15) is 0 Å². The minimum atomic E-state index is -0.702. The molecule has 0 unspecified atom stereocenters. The molecule has 0 heterocycles. The van der Waals surface area contributed by atoms with Gasteiger partial charge in [0, 0.05) is 6.07 Å². The van der Waals surface area contributed by atoms with Crippen LogP contribution in [0.5, 0.6) is 11.5 Å². The van der Waals surface area contributed by atoms with Crippen molar-refractivity contribution in [2.45, 2.75) is 6.92 Å². The number of non-ortho nitro benzene ring substituents is 1. The van der Waals surface area contributed by atoms with Gasteiger partial charge in [-0.1, -0.05) is 12.1 Å². The molecule has 0 N–H and O–H groups in total. The summed E-state index contributed by atoms with van der Waals surface area (Å²) in [6, 6.07) is 10.3. The zero-order valence-corrected chi connectivity index (χ0v) is 9.59. The van der Waals surface area contributed by atoms with Gasteiger partial charge in [-0.15, -0.1) is 0 Å². The van der Waals surface area contributed by atoms with Crippen molar-refractivity contribution >= 4 is 5.69 Å². The van der Waals surface area contributed by atoms with Crippen LogP contribution in [0.4, 0.5) is 10.1 Å². The highest BCUT2D eigenvalue weighted by Crippen LogP contribution is 2.27. The van der Waals surface area contributed by atoms with Gasteiger partial charge in [0.1, 0.15) is 17.3 Å². The first-order valence-electron chi connectivity index (χ1n) is 5.24. The maximum absolute atomic E-state index is 13.2. The van der Waals surface area contributed by atoms with Crippen molar-refractivity contribution in [2.75, 3.05) is 0 Å². The normalized spacial score (nSPS) is 10.1. The molecule has 0 bridgehead atoms. The molecule has 2 aromatic rings. The summed E-state index contributed by atoms with van der Waals surface area (Å²) in [5.74, 6) is -0.0888. The Kier molecular flexibility index (Phi) is 3.23. The Morgan fingerprint density at radius 3 is 2.61 bits per heavy atom. The summed E-state index contributed by atoms with van der Waals surface area (Å²) >= 11 is 0. The quantitative estimate of drug-likeness (QED) is 0.611. The number of ether oxygens (including phenoxy) is 1. The summed E-state index contributed by atoms with van der Waals surface area (Å²) in [5, 5.41) is 10.6. The molecule has 18 heavy (non-hydrogen) atoms. The Hall–Kier alpha value is -2.43. The topological polar surface area (TPSA) is 52.4 Å². The van der Waals surface area contributed by atoms with Gasteiger partial charge in [0.2, 0.25) is 0 Å². The molecule has 0 atom stereocenters. The van der Waals surface area contributed by atoms with Gasteiger partial charge in [-0.05, 0) is 24.6 Å². The standard InChI is InChI=1S/C13H10FNO3/c1-9-3-2-4-12(5-9)18-13-7-10(14)6-11(8-13)15(16)17/h2-8H,1H3. The SMILES string of the molecule is Cc1cccc(Oc2cc(F)cc([N+](=O)[O-])c2)c1. The van der Waals surface area contributed by atoms with Crippen molar-refractivity contribution in [1.29, 1.82) is 0 Å². The zero-order valence-electron chi connectivity index (χ0n) is 9.59. The van der Waals surface area contributed by atoms with E-state index in [1.807, 2.05) is 13.0 Å². The van der Waals surface area contributed by atoms with E-state index < -0.39 is 10.7 Å². The first-order valence-corrected chi connectivity index (χ1v) is 5.24. The number of aryl methyl sites for hydroxylation is 1. The number of hydrogen-bond acceptors (Lipinski definition) is 3. The Morgan fingerprint density at radius 1 is 1.17 bits per heavy atom. The van der Waals surface area contributed by atoms with Crippen LogP contribution < -0.4 is 4.74 Å². The van der Waals surface area contributed by atoms with Crippen LogP contribution in [0.1, 0.15) is 5.56 Å². The fraction of sp³-hybridized carbons (Fsp3) is 0.0769. The Morgan fingerprint density at radius 2 is 1.94 bits per heavy atom. The molecule has 0 fully saturated rings. The maximum Gasteiger partial charge on any atom is 0.276 e. The zero-order chi connectivity index (χ0) is 13.1. The number of nitrogens with zero attached hydrogens (tertiary/aromatic N) is 1. The molecule has 0 aromatic heterocycles. The molecule has 5 heteroatoms. The number of nitro groups is 1. The fourth-order valence-electron chi connectivity index (χ4n) is 1.53. The number of halogens is 1. The average Bonchev–Trinajstić information content (AvgIpc) is 2.28. The Bertz CT molecular complexity index is 599. The van der Waals surface area contributed by atoms with E-state index in [-0.39, 0.29) is 11.4 Å². The smallest absolute Gasteiger partial charge is 0.276 e. The molecule has 0 saturated carbocycles. The molecular weight excluding hydrogens is 237 g/mol. The van der Waals surface area contributed by atoms with E-state index in [1.54, 1.807) is 18.2 Å². The van der Waals surface area contributed by atoms with Crippen LogP contribution in [0.3, 0.4) is 0 Å². The minimum absolute atomic E-state index is 0.104. The number of benzene rings is 2. The predicted octanol–water partition coefficient (Wildman–Crippen LogP) is 3.83. The molecule has 0 amide bonds. The van der Waals surface area contributed by atoms with E-state index >= 15 is 0 Å². The molecule has 0 radical (unpaired) electrons. The van der Waals surface area contributed by atoms with Crippen LogP contribution in [0.25, 0.3) is 0 Å². The monoisotopic (exact) mass is 247 g/mol. The summed E-state index contributed by atoms with van der Waals surface area (Å²) in [6.45, 7) is 1.89. The highest BCUT2D eigenvalue weighted by molar-refractivity contribution is 5.41. The largest absolute Gasteiger partial charge is 0.457 e. The lowest BCUT2D eigenvalue weighted by molar-refractivity contribution is -0.385. The lowest BCUT2D eigenvalue weighted by atomic mass is 10.2. The lowest BCUT2D eigenvalue weighted by Crippen LogP contribution is -1.91. The summed E-state index contributed by atoms with van der Waals surface area (Å²) in [5.41, 5.74) is 0.649. The number of nitro benzene ring substituents is 1. The molecule has 0 spiro atoms. The second-order valence-electron chi connectivity index (χ2n) is 3.82. The molecule has 2 rings (SSSR count). The van der Waals surface area contributed by atoms with Gasteiger partial charge in [-0.25, -0.2) is 4.39 Å². The fourth-order valence-corrected chi connectivity index (χ4v) is 1.53. The van der Waals surface area contributed by atoms with Gasteiger partial charge >= 0.3 is 0 Å². The average molecular weight is 247 g/mol. The summed E-state index contributed by atoms with van der Waals surface area (Å²) in [4.78, 5) is 9.93. The third-order valence-corrected chi connectivity index (χ3v) is 2.29. The molecule has 2 aromatic carbocycles. The van der Waals surface area contributed by atoms with E-state index in [9.17, 15) is 14.5 Å². The minimum Gasteiger partial charge on any atom is -0.457 e. The number of hydrogen-bond donors (Lipinski definition) is 0. The highest BCUT2D eigenvalue weighted by Gasteiger charge is 2.11. The van der Waals surface area contributed by atoms with Crippen LogP contribution in [0.2, 0.25) is 0 Å². The summed E-state index contributed by atoms with van der Waals surface area (Å²) < 4.78 is 18.6. The highest BCUT2D eigenvalue weighted by atomic mass is 19.1. The van der Waals surface area contributed by atoms with Crippen molar-refractivity contribution in [3.05, 3.63) is 64.0 Å². The van der Waals surface area contributed by atoms with Gasteiger partial charge in [0.15, 0.2) is 0 Å². The molecule has 4 nitrogen and oxygen atoms in total. The van der Waals surface area contributed by atoms with Gasteiger partial charge in [0.25, 0.3) is 5.69 Å². The molecule has 0 aliphatic rings. The summed E-state index contributed by atoms with van der Waals surface area (Å²) in [7, 11) is 0. The third kappa shape index (κ3) is 2.82. The van der Waals surface area contributed by atoms with Crippen molar-refractivity contribution < 1.29 is 14.1 Å². The Balaban J connectivity index is 2.31. The first-order chi connectivity index (χ1) is 8.54. The van der Waals surface area contributed by atoms with Gasteiger partial charge < -0.3 is 4.74 Å². The van der Waals surface area contributed by atoms with Crippen LogP contribution in [0, 0.1) is 22.9 Å². The van der Waals surface area contributed by atoms with E-state index in [4.69, 9.17) is 4.74 Å². The Labute approximate surface area is 103 Å². The van der Waals surface area contributed by atoms with E-state index in [2.05, 4.69) is 0 Å². The molecule has 92 valence electrons. The van der Waals surface area contributed by atoms with E-state index in [0.29, 0.717) is 5.75 Å². The summed E-state index contributed by atoms with van der Waals surface area (Å²) in [6.07, 6.45) is 0. The lowest BCUT2D eigenvalue weighted by Gasteiger charge is -2.06. The van der Waals surface area contributed by atoms with Crippen molar-refractivity contribution in [3.8, 4) is 11.5 Å². The van der Waals surface area contributed by atoms with Crippen molar-refractivity contribution in [1.82, 2.24) is 0 Å². The second-order valence-corrected chi connectivity index (χ2v) is 3.82. The molecular formula is C13H10FNO3. The predicted molar refractivity (Wildman–Crippen MR) is 64.3 cm³/mol. The third-order valence-electron chi connectivity index (χ3n) is 2.29. The van der Waals surface area contributed by atoms with Crippen molar-refractivity contribution in [2.24, 2.45) is 0 Å². The molecule has 0 saturated heterocycles.